The number of aromatic nitrogens is 3. The second-order valence-corrected chi connectivity index (χ2v) is 4.11. The van der Waals surface area contributed by atoms with Crippen LogP contribution in [0.5, 0.6) is 0 Å². The van der Waals surface area contributed by atoms with Crippen LogP contribution in [-0.2, 0) is 6.42 Å². The Kier molecular flexibility index (Phi) is 3.96. The number of nitrogens with one attached hydrogen (secondary N) is 1. The van der Waals surface area contributed by atoms with Crippen molar-refractivity contribution in [3.63, 3.8) is 0 Å². The zero-order chi connectivity index (χ0) is 11.2. The van der Waals surface area contributed by atoms with E-state index in [1.54, 1.807) is 0 Å². The molecule has 84 valence electrons. The molecule has 2 aromatic heterocycles. The zero-order valence-corrected chi connectivity index (χ0v) is 9.94. The minimum atomic E-state index is 0.242. The largest absolute Gasteiger partial charge is 0.309 e. The number of rotatable bonds is 5. The molecular formula is C11H14N4S. The van der Waals surface area contributed by atoms with E-state index in [1.165, 1.54) is 17.1 Å². The Labute approximate surface area is 98.9 Å². The molecule has 0 aliphatic rings. The lowest BCUT2D eigenvalue weighted by Crippen LogP contribution is -2.23. The third kappa shape index (κ3) is 2.84. The third-order valence-corrected chi connectivity index (χ3v) is 2.90. The molecule has 0 amide bonds. The average Bonchev–Trinajstić information content (AvgIpc) is 2.83. The lowest BCUT2D eigenvalue weighted by Gasteiger charge is -2.14. The van der Waals surface area contributed by atoms with E-state index in [2.05, 4.69) is 26.8 Å². The van der Waals surface area contributed by atoms with Gasteiger partial charge in [-0.2, -0.15) is 0 Å². The van der Waals surface area contributed by atoms with Crippen LogP contribution in [0.4, 0.5) is 0 Å². The molecule has 0 radical (unpaired) electrons. The van der Waals surface area contributed by atoms with Crippen molar-refractivity contribution in [3.05, 3.63) is 41.2 Å². The second-order valence-electron chi connectivity index (χ2n) is 3.50. The Hall–Kier alpha value is -1.33. The van der Waals surface area contributed by atoms with Gasteiger partial charge in [-0.05, 0) is 42.2 Å². The third-order valence-electron chi connectivity index (χ3n) is 2.37. The summed E-state index contributed by atoms with van der Waals surface area (Å²) in [5.74, 6) is 0. The maximum absolute atomic E-state index is 4.12. The van der Waals surface area contributed by atoms with E-state index in [9.17, 15) is 0 Å². The molecule has 0 aliphatic carbocycles. The molecule has 4 nitrogen and oxygen atoms in total. The number of hydrogen-bond acceptors (Lipinski definition) is 5. The Morgan fingerprint density at radius 1 is 1.38 bits per heavy atom. The van der Waals surface area contributed by atoms with Gasteiger partial charge >= 0.3 is 0 Å². The molecule has 0 spiro atoms. The molecule has 1 unspecified atom stereocenters. The molecule has 2 heterocycles. The van der Waals surface area contributed by atoms with Crippen molar-refractivity contribution >= 4 is 11.5 Å². The van der Waals surface area contributed by atoms with Gasteiger partial charge in [-0.1, -0.05) is 11.4 Å². The van der Waals surface area contributed by atoms with Crippen LogP contribution in [0.1, 0.15) is 24.2 Å². The zero-order valence-electron chi connectivity index (χ0n) is 9.13. The van der Waals surface area contributed by atoms with Crippen molar-refractivity contribution in [1.29, 1.82) is 0 Å². The summed E-state index contributed by atoms with van der Waals surface area (Å²) in [6.45, 7) is 3.02. The predicted octanol–water partition coefficient (Wildman–Crippen LogP) is 1.83. The van der Waals surface area contributed by atoms with Crippen molar-refractivity contribution in [2.75, 3.05) is 6.54 Å². The van der Waals surface area contributed by atoms with Crippen molar-refractivity contribution < 1.29 is 0 Å². The van der Waals surface area contributed by atoms with E-state index < -0.39 is 0 Å². The summed E-state index contributed by atoms with van der Waals surface area (Å²) >= 11 is 1.39. The highest BCUT2D eigenvalue weighted by Crippen LogP contribution is 2.16. The molecule has 0 bridgehead atoms. The number of pyridine rings is 1. The molecule has 0 saturated heterocycles. The van der Waals surface area contributed by atoms with Gasteiger partial charge in [-0.15, -0.1) is 5.10 Å². The predicted molar refractivity (Wildman–Crippen MR) is 64.3 cm³/mol. The van der Waals surface area contributed by atoms with Crippen molar-refractivity contribution in [3.8, 4) is 0 Å². The number of likely N-dealkylation sites (N-methyl/N-ethyl adjacent to an activating group) is 1. The molecule has 0 aromatic carbocycles. The molecule has 2 rings (SSSR count). The van der Waals surface area contributed by atoms with Gasteiger partial charge in [-0.3, -0.25) is 4.98 Å². The first-order chi connectivity index (χ1) is 7.90. The maximum atomic E-state index is 4.12. The molecular weight excluding hydrogens is 220 g/mol. The Balaban J connectivity index is 2.09. The summed E-state index contributed by atoms with van der Waals surface area (Å²) in [6, 6.07) is 4.31. The summed E-state index contributed by atoms with van der Waals surface area (Å²) in [6.07, 6.45) is 4.55. The van der Waals surface area contributed by atoms with Gasteiger partial charge in [0, 0.05) is 17.8 Å². The van der Waals surface area contributed by atoms with Gasteiger partial charge in [0.25, 0.3) is 0 Å². The van der Waals surface area contributed by atoms with Crippen molar-refractivity contribution in [1.82, 2.24) is 19.9 Å². The summed E-state index contributed by atoms with van der Waals surface area (Å²) in [4.78, 5) is 4.02. The molecule has 5 heteroatoms. The monoisotopic (exact) mass is 234 g/mol. The molecule has 16 heavy (non-hydrogen) atoms. The van der Waals surface area contributed by atoms with Crippen molar-refractivity contribution in [2.45, 2.75) is 19.4 Å². The highest BCUT2D eigenvalue weighted by molar-refractivity contribution is 7.03. The highest BCUT2D eigenvalue weighted by Gasteiger charge is 2.13. The van der Waals surface area contributed by atoms with E-state index in [4.69, 9.17) is 0 Å². The van der Waals surface area contributed by atoms with Crippen LogP contribution in [-0.4, -0.2) is 21.1 Å². The van der Waals surface area contributed by atoms with Gasteiger partial charge in [0.2, 0.25) is 0 Å². The quantitative estimate of drug-likeness (QED) is 0.857. The van der Waals surface area contributed by atoms with Crippen LogP contribution in [0, 0.1) is 0 Å². The Morgan fingerprint density at radius 2 is 2.19 bits per heavy atom. The SMILES string of the molecule is CCNC(Cc1ccncc1)c1csnn1. The van der Waals surface area contributed by atoms with Gasteiger partial charge in [-0.25, -0.2) is 0 Å². The van der Waals surface area contributed by atoms with E-state index in [1.807, 2.05) is 29.9 Å². The van der Waals surface area contributed by atoms with Crippen LogP contribution in [0.15, 0.2) is 29.9 Å². The van der Waals surface area contributed by atoms with Crippen LogP contribution in [0.2, 0.25) is 0 Å². The van der Waals surface area contributed by atoms with Crippen LogP contribution < -0.4 is 5.32 Å². The van der Waals surface area contributed by atoms with E-state index >= 15 is 0 Å². The second kappa shape index (κ2) is 5.67. The minimum Gasteiger partial charge on any atom is -0.309 e. The molecule has 0 aliphatic heterocycles. The first kappa shape index (κ1) is 11.2. The minimum absolute atomic E-state index is 0.242. The molecule has 2 aromatic rings. The fourth-order valence-corrected chi connectivity index (χ4v) is 2.11. The van der Waals surface area contributed by atoms with Crippen LogP contribution >= 0.6 is 11.5 Å². The van der Waals surface area contributed by atoms with Gasteiger partial charge in [0.05, 0.1) is 11.7 Å². The molecule has 0 saturated carbocycles. The Bertz CT molecular complexity index is 401. The molecule has 0 fully saturated rings. The van der Waals surface area contributed by atoms with Gasteiger partial charge < -0.3 is 5.32 Å². The lowest BCUT2D eigenvalue weighted by atomic mass is 10.1. The summed E-state index contributed by atoms with van der Waals surface area (Å²) in [5, 5.41) is 9.53. The van der Waals surface area contributed by atoms with E-state index in [0.717, 1.165) is 18.7 Å². The van der Waals surface area contributed by atoms with E-state index in [-0.39, 0.29) is 6.04 Å². The molecule has 1 N–H and O–H groups in total. The van der Waals surface area contributed by atoms with Crippen LogP contribution in [0.3, 0.4) is 0 Å². The van der Waals surface area contributed by atoms with Gasteiger partial charge in [0.15, 0.2) is 0 Å². The van der Waals surface area contributed by atoms with Crippen molar-refractivity contribution in [2.24, 2.45) is 0 Å². The summed E-state index contributed by atoms with van der Waals surface area (Å²) < 4.78 is 3.91. The maximum Gasteiger partial charge on any atom is 0.0928 e. The summed E-state index contributed by atoms with van der Waals surface area (Å²) in [7, 11) is 0. The van der Waals surface area contributed by atoms with Crippen LogP contribution in [0.25, 0.3) is 0 Å². The lowest BCUT2D eigenvalue weighted by molar-refractivity contribution is 0.535. The fourth-order valence-electron chi connectivity index (χ4n) is 1.61. The first-order valence-corrected chi connectivity index (χ1v) is 6.13. The highest BCUT2D eigenvalue weighted by atomic mass is 32.1. The van der Waals surface area contributed by atoms with Gasteiger partial charge in [0.1, 0.15) is 0 Å². The number of hydrogen-bond donors (Lipinski definition) is 1. The smallest absolute Gasteiger partial charge is 0.0928 e. The molecule has 1 atom stereocenters. The standard InChI is InChI=1S/C11H14N4S/c1-2-13-10(11-8-16-15-14-11)7-9-3-5-12-6-4-9/h3-6,8,10,13H,2,7H2,1H3. The fraction of sp³-hybridized carbons (Fsp3) is 0.364. The topological polar surface area (TPSA) is 50.7 Å². The average molecular weight is 234 g/mol. The number of nitrogens with zero attached hydrogens (tertiary/aromatic N) is 3. The Morgan fingerprint density at radius 3 is 2.81 bits per heavy atom. The summed E-state index contributed by atoms with van der Waals surface area (Å²) in [5.41, 5.74) is 2.28. The first-order valence-electron chi connectivity index (χ1n) is 5.29. The van der Waals surface area contributed by atoms with E-state index in [0.29, 0.717) is 0 Å². The normalized spacial score (nSPS) is 12.6.